The molecular weight excluding hydrogens is 344 g/mol. The zero-order valence-corrected chi connectivity index (χ0v) is 16.1. The molecule has 1 aliphatic rings. The minimum absolute atomic E-state index is 0.0236. The molecule has 0 unspecified atom stereocenters. The lowest BCUT2D eigenvalue weighted by molar-refractivity contribution is -0.140. The fraction of sp³-hybridized carbons (Fsp3) is 0.333. The van der Waals surface area contributed by atoms with Gasteiger partial charge < -0.3 is 9.80 Å². The topological polar surface area (TPSA) is 40.6 Å². The van der Waals surface area contributed by atoms with Crippen LogP contribution in [0.4, 0.5) is 0 Å². The van der Waals surface area contributed by atoms with E-state index in [1.165, 1.54) is 27.8 Å². The van der Waals surface area contributed by atoms with E-state index in [9.17, 15) is 9.59 Å². The van der Waals surface area contributed by atoms with Gasteiger partial charge in [-0.05, 0) is 35.9 Å². The van der Waals surface area contributed by atoms with E-state index in [2.05, 4.69) is 49.2 Å². The van der Waals surface area contributed by atoms with Crippen molar-refractivity contribution in [3.63, 3.8) is 0 Å². The zero-order chi connectivity index (χ0) is 18.7. The minimum Gasteiger partial charge on any atom is -0.330 e. The van der Waals surface area contributed by atoms with E-state index >= 15 is 0 Å². The highest BCUT2D eigenvalue weighted by Crippen LogP contribution is 2.37. The van der Waals surface area contributed by atoms with Gasteiger partial charge in [0, 0.05) is 24.9 Å². The van der Waals surface area contributed by atoms with Crippen LogP contribution in [0, 0.1) is 6.92 Å². The largest absolute Gasteiger partial charge is 0.330 e. The fourth-order valence-corrected chi connectivity index (χ4v) is 4.31. The summed E-state index contributed by atoms with van der Waals surface area (Å²) >= 11 is 1.75. The van der Waals surface area contributed by atoms with Crippen molar-refractivity contribution in [3.05, 3.63) is 69.9 Å². The molecule has 3 rings (SSSR count). The van der Waals surface area contributed by atoms with Crippen LogP contribution < -0.4 is 0 Å². The molecule has 0 saturated heterocycles. The Bertz CT molecular complexity index is 810. The van der Waals surface area contributed by atoms with E-state index in [1.54, 1.807) is 17.4 Å². The summed E-state index contributed by atoms with van der Waals surface area (Å²) in [6.07, 6.45) is 2.52. The molecule has 1 aromatic carbocycles. The highest BCUT2D eigenvalue weighted by molar-refractivity contribution is 7.10. The molecule has 1 atom stereocenters. The number of nitrogens with zero attached hydrogens (tertiary/aromatic N) is 2. The molecule has 2 aromatic rings. The maximum absolute atomic E-state index is 13.1. The van der Waals surface area contributed by atoms with Crippen LogP contribution in [-0.2, 0) is 16.0 Å². The Morgan fingerprint density at radius 3 is 2.69 bits per heavy atom. The van der Waals surface area contributed by atoms with Crippen molar-refractivity contribution in [1.29, 1.82) is 0 Å². The number of rotatable bonds is 5. The van der Waals surface area contributed by atoms with Gasteiger partial charge in [-0.2, -0.15) is 0 Å². The lowest BCUT2D eigenvalue weighted by Gasteiger charge is -2.37. The maximum atomic E-state index is 13.1. The average molecular weight is 369 g/mol. The van der Waals surface area contributed by atoms with Gasteiger partial charge in [-0.15, -0.1) is 17.9 Å². The van der Waals surface area contributed by atoms with E-state index in [4.69, 9.17) is 0 Å². The molecular formula is C21H24N2O2S. The smallest absolute Gasteiger partial charge is 0.243 e. The number of fused-ring (bicyclic) bond motifs is 1. The Hall–Kier alpha value is -2.40. The molecule has 1 aromatic heterocycles. The molecule has 0 radical (unpaired) electrons. The number of thiophene rings is 1. The molecule has 0 fully saturated rings. The highest BCUT2D eigenvalue weighted by atomic mass is 32.1. The molecule has 2 amide bonds. The van der Waals surface area contributed by atoms with Gasteiger partial charge in [0.05, 0.1) is 6.04 Å². The number of amides is 2. The second kappa shape index (κ2) is 7.87. The Labute approximate surface area is 158 Å². The van der Waals surface area contributed by atoms with Crippen LogP contribution in [0.25, 0.3) is 0 Å². The predicted molar refractivity (Wildman–Crippen MR) is 105 cm³/mol. The fourth-order valence-electron chi connectivity index (χ4n) is 3.41. The second-order valence-corrected chi connectivity index (χ2v) is 7.64. The van der Waals surface area contributed by atoms with Crippen LogP contribution in [0.15, 0.2) is 48.4 Å². The summed E-state index contributed by atoms with van der Waals surface area (Å²) in [5.41, 5.74) is 3.51. The van der Waals surface area contributed by atoms with Gasteiger partial charge in [-0.25, -0.2) is 0 Å². The summed E-state index contributed by atoms with van der Waals surface area (Å²) in [7, 11) is 0. The van der Waals surface area contributed by atoms with Crippen molar-refractivity contribution < 1.29 is 9.59 Å². The van der Waals surface area contributed by atoms with E-state index < -0.39 is 0 Å². The van der Waals surface area contributed by atoms with Crippen molar-refractivity contribution >= 4 is 23.2 Å². The van der Waals surface area contributed by atoms with Gasteiger partial charge in [0.1, 0.15) is 6.54 Å². The van der Waals surface area contributed by atoms with Gasteiger partial charge in [-0.1, -0.05) is 35.9 Å². The lowest BCUT2D eigenvalue weighted by Crippen LogP contribution is -2.46. The van der Waals surface area contributed by atoms with Gasteiger partial charge >= 0.3 is 0 Å². The standard InChI is InChI=1S/C21H24N2O2S/c1-4-11-22(16(3)24)14-20(25)23-12-9-19-18(10-13-26-19)21(23)17-7-5-15(2)6-8-17/h4-8,10,13,21H,1,9,11-12,14H2,2-3H3/t21-/m0/s1. The van der Waals surface area contributed by atoms with E-state index in [1.807, 2.05) is 4.90 Å². The number of aryl methyl sites for hydroxylation is 1. The molecule has 0 aliphatic carbocycles. The lowest BCUT2D eigenvalue weighted by atomic mass is 9.92. The second-order valence-electron chi connectivity index (χ2n) is 6.64. The predicted octanol–water partition coefficient (Wildman–Crippen LogP) is 3.57. The molecule has 136 valence electrons. The molecule has 0 N–H and O–H groups in total. The Morgan fingerprint density at radius 2 is 2.04 bits per heavy atom. The summed E-state index contributed by atoms with van der Waals surface area (Å²) in [5, 5.41) is 2.10. The van der Waals surface area contributed by atoms with Crippen molar-refractivity contribution in [2.75, 3.05) is 19.6 Å². The molecule has 0 spiro atoms. The first-order chi connectivity index (χ1) is 12.5. The third-order valence-corrected chi connectivity index (χ3v) is 5.80. The Balaban J connectivity index is 1.91. The summed E-state index contributed by atoms with van der Waals surface area (Å²) in [5.74, 6) is -0.136. The van der Waals surface area contributed by atoms with Gasteiger partial charge in [0.2, 0.25) is 11.8 Å². The van der Waals surface area contributed by atoms with Crippen molar-refractivity contribution in [3.8, 4) is 0 Å². The normalized spacial score (nSPS) is 16.1. The molecule has 5 heteroatoms. The minimum atomic E-state index is -0.113. The van der Waals surface area contributed by atoms with E-state index in [0.717, 1.165) is 12.0 Å². The van der Waals surface area contributed by atoms with E-state index in [-0.39, 0.29) is 24.4 Å². The van der Waals surface area contributed by atoms with Gasteiger partial charge in [0.15, 0.2) is 0 Å². The van der Waals surface area contributed by atoms with Crippen LogP contribution in [0.5, 0.6) is 0 Å². The SMILES string of the molecule is C=CCN(CC(=O)N1CCc2sccc2[C@@H]1c1ccc(C)cc1)C(C)=O. The quantitative estimate of drug-likeness (QED) is 0.757. The molecule has 2 heterocycles. The van der Waals surface area contributed by atoms with Crippen LogP contribution in [-0.4, -0.2) is 41.2 Å². The Morgan fingerprint density at radius 1 is 1.31 bits per heavy atom. The summed E-state index contributed by atoms with van der Waals surface area (Å²) in [6.45, 7) is 8.37. The molecule has 4 nitrogen and oxygen atoms in total. The average Bonchev–Trinajstić information content (AvgIpc) is 3.10. The summed E-state index contributed by atoms with van der Waals surface area (Å²) < 4.78 is 0. The Kier molecular flexibility index (Phi) is 5.57. The first-order valence-electron chi connectivity index (χ1n) is 8.80. The summed E-state index contributed by atoms with van der Waals surface area (Å²) in [4.78, 5) is 29.7. The van der Waals surface area contributed by atoms with Crippen LogP contribution in [0.1, 0.15) is 34.5 Å². The maximum Gasteiger partial charge on any atom is 0.243 e. The number of hydrogen-bond acceptors (Lipinski definition) is 3. The van der Waals surface area contributed by atoms with Crippen LogP contribution in [0.3, 0.4) is 0 Å². The van der Waals surface area contributed by atoms with Gasteiger partial charge in [0.25, 0.3) is 0 Å². The van der Waals surface area contributed by atoms with Crippen molar-refractivity contribution in [1.82, 2.24) is 9.80 Å². The molecule has 0 bridgehead atoms. The highest BCUT2D eigenvalue weighted by Gasteiger charge is 2.33. The molecule has 1 aliphatic heterocycles. The van der Waals surface area contributed by atoms with Crippen molar-refractivity contribution in [2.45, 2.75) is 26.3 Å². The van der Waals surface area contributed by atoms with Crippen LogP contribution in [0.2, 0.25) is 0 Å². The number of benzene rings is 1. The zero-order valence-electron chi connectivity index (χ0n) is 15.3. The summed E-state index contributed by atoms with van der Waals surface area (Å²) in [6, 6.07) is 10.4. The first-order valence-corrected chi connectivity index (χ1v) is 9.68. The third kappa shape index (κ3) is 3.73. The van der Waals surface area contributed by atoms with Crippen LogP contribution >= 0.6 is 11.3 Å². The first kappa shape index (κ1) is 18.4. The monoisotopic (exact) mass is 368 g/mol. The third-order valence-electron chi connectivity index (χ3n) is 4.80. The number of carbonyl (C=O) groups excluding carboxylic acids is 2. The van der Waals surface area contributed by atoms with Gasteiger partial charge in [-0.3, -0.25) is 9.59 Å². The number of hydrogen-bond donors (Lipinski definition) is 0. The van der Waals surface area contributed by atoms with E-state index in [0.29, 0.717) is 13.1 Å². The number of carbonyl (C=O) groups is 2. The van der Waals surface area contributed by atoms with Crippen molar-refractivity contribution in [2.24, 2.45) is 0 Å². The molecule has 26 heavy (non-hydrogen) atoms. The molecule has 0 saturated carbocycles.